The molecule has 12 heavy (non-hydrogen) atoms. The van der Waals surface area contributed by atoms with Gasteiger partial charge in [-0.25, -0.2) is 9.78 Å². The Morgan fingerprint density at radius 3 is 2.67 bits per heavy atom. The number of carbonyl (C=O) groups is 1. The molecular formula is C7H8ClNO3. The number of hydrogen-bond donors (Lipinski definition) is 0. The molecule has 1 rings (SSSR count). The van der Waals surface area contributed by atoms with Crippen molar-refractivity contribution < 1.29 is 15.0 Å². The van der Waals surface area contributed by atoms with Gasteiger partial charge in [-0.15, -0.1) is 0 Å². The van der Waals surface area contributed by atoms with E-state index in [1.165, 1.54) is 19.4 Å². The Morgan fingerprint density at radius 1 is 1.58 bits per heavy atom. The van der Waals surface area contributed by atoms with Gasteiger partial charge in [0.1, 0.15) is 5.15 Å². The predicted molar refractivity (Wildman–Crippen MR) is 44.2 cm³/mol. The molecule has 66 valence electrons. The van der Waals surface area contributed by atoms with Crippen LogP contribution in [0.15, 0.2) is 18.3 Å². The highest BCUT2D eigenvalue weighted by Gasteiger charge is 2.03. The summed E-state index contributed by atoms with van der Waals surface area (Å²) >= 11 is 5.50. The molecule has 0 saturated carbocycles. The van der Waals surface area contributed by atoms with Crippen molar-refractivity contribution >= 4 is 17.6 Å². The van der Waals surface area contributed by atoms with E-state index in [9.17, 15) is 4.79 Å². The lowest BCUT2D eigenvalue weighted by atomic mass is 10.3. The van der Waals surface area contributed by atoms with Crippen molar-refractivity contribution in [2.24, 2.45) is 0 Å². The van der Waals surface area contributed by atoms with Crippen LogP contribution in [0.2, 0.25) is 5.15 Å². The van der Waals surface area contributed by atoms with Crippen LogP contribution in [0.25, 0.3) is 0 Å². The lowest BCUT2D eigenvalue weighted by molar-refractivity contribution is 0.0600. The van der Waals surface area contributed by atoms with E-state index in [1.807, 2.05) is 0 Å². The van der Waals surface area contributed by atoms with Crippen molar-refractivity contribution in [2.45, 2.75) is 0 Å². The van der Waals surface area contributed by atoms with E-state index in [0.717, 1.165) is 0 Å². The maximum Gasteiger partial charge on any atom is 0.339 e. The van der Waals surface area contributed by atoms with Crippen LogP contribution < -0.4 is 0 Å². The fraction of sp³-hybridized carbons (Fsp3) is 0.143. The first-order chi connectivity index (χ1) is 5.24. The second-order valence-corrected chi connectivity index (χ2v) is 2.25. The van der Waals surface area contributed by atoms with Crippen molar-refractivity contribution in [1.82, 2.24) is 4.98 Å². The van der Waals surface area contributed by atoms with Gasteiger partial charge < -0.3 is 10.2 Å². The lowest BCUT2D eigenvalue weighted by Gasteiger charge is -1.96. The summed E-state index contributed by atoms with van der Waals surface area (Å²) in [7, 11) is 1.32. The molecule has 0 aliphatic heterocycles. The topological polar surface area (TPSA) is 70.7 Å². The minimum Gasteiger partial charge on any atom is -0.465 e. The molecule has 0 unspecified atom stereocenters. The number of esters is 1. The van der Waals surface area contributed by atoms with Crippen LogP contribution in [0.5, 0.6) is 0 Å². The third kappa shape index (κ3) is 2.48. The number of hydrogen-bond acceptors (Lipinski definition) is 3. The first-order valence-electron chi connectivity index (χ1n) is 2.94. The van der Waals surface area contributed by atoms with Crippen LogP contribution in [0.4, 0.5) is 0 Å². The van der Waals surface area contributed by atoms with Crippen LogP contribution in [-0.2, 0) is 4.74 Å². The average Bonchev–Trinajstić information content (AvgIpc) is 2.05. The summed E-state index contributed by atoms with van der Waals surface area (Å²) in [6.07, 6.45) is 1.37. The molecule has 0 fully saturated rings. The van der Waals surface area contributed by atoms with Gasteiger partial charge in [-0.3, -0.25) is 0 Å². The molecule has 0 bridgehead atoms. The number of nitrogens with zero attached hydrogens (tertiary/aromatic N) is 1. The molecule has 0 aliphatic rings. The van der Waals surface area contributed by atoms with Gasteiger partial charge in [0, 0.05) is 6.20 Å². The summed E-state index contributed by atoms with van der Waals surface area (Å²) < 4.78 is 4.45. The van der Waals surface area contributed by atoms with Gasteiger partial charge >= 0.3 is 5.97 Å². The number of halogens is 1. The van der Waals surface area contributed by atoms with Gasteiger partial charge in [-0.2, -0.15) is 0 Å². The summed E-state index contributed by atoms with van der Waals surface area (Å²) in [5, 5.41) is 0.359. The Kier molecular flexibility index (Phi) is 4.25. The van der Waals surface area contributed by atoms with E-state index in [0.29, 0.717) is 10.7 Å². The standard InChI is InChI=1S/C7H6ClNO2.H2O/c1-11-7(10)5-2-3-6(8)9-4-5;/h2-4H,1H3;1H2. The summed E-state index contributed by atoms with van der Waals surface area (Å²) in [5.41, 5.74) is 0.400. The summed E-state index contributed by atoms with van der Waals surface area (Å²) in [6.45, 7) is 0. The Morgan fingerprint density at radius 2 is 2.25 bits per heavy atom. The van der Waals surface area contributed by atoms with E-state index in [4.69, 9.17) is 11.6 Å². The van der Waals surface area contributed by atoms with E-state index < -0.39 is 5.97 Å². The van der Waals surface area contributed by atoms with Gasteiger partial charge in [0.05, 0.1) is 12.7 Å². The second-order valence-electron chi connectivity index (χ2n) is 1.86. The molecule has 4 nitrogen and oxygen atoms in total. The molecule has 0 aliphatic carbocycles. The van der Waals surface area contributed by atoms with Gasteiger partial charge in [0.15, 0.2) is 0 Å². The molecule has 5 heteroatoms. The SMILES string of the molecule is COC(=O)c1ccc(Cl)nc1.O. The van der Waals surface area contributed by atoms with Crippen molar-refractivity contribution in [2.75, 3.05) is 7.11 Å². The highest BCUT2D eigenvalue weighted by Crippen LogP contribution is 2.05. The maximum absolute atomic E-state index is 10.8. The van der Waals surface area contributed by atoms with Crippen LogP contribution in [0, 0.1) is 0 Å². The Balaban J connectivity index is 0.00000121. The molecular weight excluding hydrogens is 182 g/mol. The lowest BCUT2D eigenvalue weighted by Crippen LogP contribution is -2.00. The fourth-order valence-corrected chi connectivity index (χ4v) is 0.726. The van der Waals surface area contributed by atoms with Crippen molar-refractivity contribution in [3.05, 3.63) is 29.0 Å². The smallest absolute Gasteiger partial charge is 0.339 e. The zero-order valence-electron chi connectivity index (χ0n) is 6.37. The maximum atomic E-state index is 10.8. The Labute approximate surface area is 74.4 Å². The molecule has 1 heterocycles. The van der Waals surface area contributed by atoms with Gasteiger partial charge in [-0.05, 0) is 12.1 Å². The third-order valence-electron chi connectivity index (χ3n) is 1.15. The monoisotopic (exact) mass is 189 g/mol. The van der Waals surface area contributed by atoms with E-state index in [1.54, 1.807) is 6.07 Å². The number of rotatable bonds is 1. The molecule has 0 radical (unpaired) electrons. The molecule has 0 spiro atoms. The number of ether oxygens (including phenoxy) is 1. The van der Waals surface area contributed by atoms with Crippen LogP contribution in [0.3, 0.4) is 0 Å². The van der Waals surface area contributed by atoms with Crippen LogP contribution >= 0.6 is 11.6 Å². The van der Waals surface area contributed by atoms with Crippen LogP contribution in [-0.4, -0.2) is 23.5 Å². The minimum atomic E-state index is -0.408. The number of pyridine rings is 1. The van der Waals surface area contributed by atoms with Crippen molar-refractivity contribution in [3.8, 4) is 0 Å². The fourth-order valence-electron chi connectivity index (χ4n) is 0.614. The Bertz CT molecular complexity index is 260. The van der Waals surface area contributed by atoms with E-state index in [2.05, 4.69) is 9.72 Å². The molecule has 2 N–H and O–H groups in total. The van der Waals surface area contributed by atoms with Crippen molar-refractivity contribution in [1.29, 1.82) is 0 Å². The number of aromatic nitrogens is 1. The van der Waals surface area contributed by atoms with Gasteiger partial charge in [0.25, 0.3) is 0 Å². The summed E-state index contributed by atoms with van der Waals surface area (Å²) in [4.78, 5) is 14.5. The van der Waals surface area contributed by atoms with Gasteiger partial charge in [-0.1, -0.05) is 11.6 Å². The first-order valence-corrected chi connectivity index (χ1v) is 3.31. The highest BCUT2D eigenvalue weighted by atomic mass is 35.5. The first kappa shape index (κ1) is 10.9. The molecule has 0 aromatic carbocycles. The molecule has 0 amide bonds. The Hall–Kier alpha value is -1.13. The third-order valence-corrected chi connectivity index (χ3v) is 1.37. The quantitative estimate of drug-likeness (QED) is 0.482. The normalized spacial score (nSPS) is 8.50. The summed E-state index contributed by atoms with van der Waals surface area (Å²) in [5.74, 6) is -0.408. The predicted octanol–water partition coefficient (Wildman–Crippen LogP) is 0.697. The molecule has 0 atom stereocenters. The zero-order chi connectivity index (χ0) is 8.27. The molecule has 0 saturated heterocycles. The zero-order valence-corrected chi connectivity index (χ0v) is 7.13. The molecule has 1 aromatic heterocycles. The molecule has 1 aromatic rings. The van der Waals surface area contributed by atoms with E-state index in [-0.39, 0.29) is 5.48 Å². The minimum absolute atomic E-state index is 0. The summed E-state index contributed by atoms with van der Waals surface area (Å²) in [6, 6.07) is 3.09. The second kappa shape index (κ2) is 4.69. The van der Waals surface area contributed by atoms with Gasteiger partial charge in [0.2, 0.25) is 0 Å². The highest BCUT2D eigenvalue weighted by molar-refractivity contribution is 6.29. The van der Waals surface area contributed by atoms with Crippen molar-refractivity contribution in [3.63, 3.8) is 0 Å². The van der Waals surface area contributed by atoms with E-state index >= 15 is 0 Å². The largest absolute Gasteiger partial charge is 0.465 e. The number of carbonyl (C=O) groups excluding carboxylic acids is 1. The number of methoxy groups -OCH3 is 1. The van der Waals surface area contributed by atoms with Crippen LogP contribution in [0.1, 0.15) is 10.4 Å². The average molecular weight is 190 g/mol.